The molecule has 0 saturated carbocycles. The molecule has 0 saturated heterocycles. The fourth-order valence-electron chi connectivity index (χ4n) is 1.87. The van der Waals surface area contributed by atoms with Crippen LogP contribution in [0.25, 0.3) is 0 Å². The maximum absolute atomic E-state index is 12.0. The number of benzene rings is 1. The number of hydrogen-bond donors (Lipinski definition) is 1. The van der Waals surface area contributed by atoms with Gasteiger partial charge in [-0.05, 0) is 38.0 Å². The van der Waals surface area contributed by atoms with Crippen molar-refractivity contribution in [1.29, 1.82) is 0 Å². The van der Waals surface area contributed by atoms with Crippen molar-refractivity contribution in [2.45, 2.75) is 39.8 Å². The summed E-state index contributed by atoms with van der Waals surface area (Å²) >= 11 is 1.58. The third kappa shape index (κ3) is 4.56. The van der Waals surface area contributed by atoms with Gasteiger partial charge in [0.15, 0.2) is 6.10 Å². The first-order valence-corrected chi connectivity index (χ1v) is 7.90. The number of thiazole rings is 1. The highest BCUT2D eigenvalue weighted by Crippen LogP contribution is 2.14. The Labute approximate surface area is 129 Å². The minimum Gasteiger partial charge on any atom is -0.481 e. The minimum atomic E-state index is -0.530. The number of hydrogen-bond acceptors (Lipinski definition) is 4. The van der Waals surface area contributed by atoms with Crippen LogP contribution < -0.4 is 10.1 Å². The van der Waals surface area contributed by atoms with E-state index >= 15 is 0 Å². The lowest BCUT2D eigenvalue weighted by Crippen LogP contribution is -2.35. The second kappa shape index (κ2) is 7.22. The van der Waals surface area contributed by atoms with Crippen LogP contribution in [0.2, 0.25) is 0 Å². The molecule has 1 amide bonds. The fraction of sp³-hybridized carbons (Fsp3) is 0.375. The van der Waals surface area contributed by atoms with E-state index in [0.29, 0.717) is 12.3 Å². The van der Waals surface area contributed by atoms with Gasteiger partial charge in [-0.25, -0.2) is 4.98 Å². The summed E-state index contributed by atoms with van der Waals surface area (Å²) in [7, 11) is 0. The second-order valence-corrected chi connectivity index (χ2v) is 5.90. The lowest BCUT2D eigenvalue weighted by Gasteiger charge is -2.14. The highest BCUT2D eigenvalue weighted by Gasteiger charge is 2.14. The molecule has 1 aromatic carbocycles. The zero-order valence-electron chi connectivity index (χ0n) is 12.6. The summed E-state index contributed by atoms with van der Waals surface area (Å²) in [6, 6.07) is 7.81. The SMILES string of the molecule is CCc1ccc(O[C@@H](C)C(=O)NCc2csc(C)n2)cc1. The number of carbonyl (C=O) groups excluding carboxylic acids is 1. The molecular formula is C16H20N2O2S. The van der Waals surface area contributed by atoms with Gasteiger partial charge in [-0.15, -0.1) is 11.3 Å². The average molecular weight is 304 g/mol. The first-order valence-electron chi connectivity index (χ1n) is 7.02. The summed E-state index contributed by atoms with van der Waals surface area (Å²) in [6.07, 6.45) is 0.459. The highest BCUT2D eigenvalue weighted by atomic mass is 32.1. The number of carbonyl (C=O) groups is 1. The third-order valence-corrected chi connectivity index (χ3v) is 3.95. The number of nitrogens with zero attached hydrogens (tertiary/aromatic N) is 1. The van der Waals surface area contributed by atoms with Gasteiger partial charge in [0.2, 0.25) is 0 Å². The maximum Gasteiger partial charge on any atom is 0.261 e. The lowest BCUT2D eigenvalue weighted by atomic mass is 10.2. The van der Waals surface area contributed by atoms with Crippen molar-refractivity contribution >= 4 is 17.2 Å². The Kier molecular flexibility index (Phi) is 5.33. The molecule has 112 valence electrons. The molecule has 0 aliphatic heterocycles. The van der Waals surface area contributed by atoms with E-state index in [4.69, 9.17) is 4.74 Å². The number of ether oxygens (including phenoxy) is 1. The van der Waals surface area contributed by atoms with E-state index < -0.39 is 6.10 Å². The zero-order chi connectivity index (χ0) is 15.2. The van der Waals surface area contributed by atoms with E-state index in [1.807, 2.05) is 36.6 Å². The van der Waals surface area contributed by atoms with Crippen LogP contribution >= 0.6 is 11.3 Å². The van der Waals surface area contributed by atoms with Gasteiger partial charge in [-0.2, -0.15) is 0 Å². The van der Waals surface area contributed by atoms with E-state index in [1.165, 1.54) is 5.56 Å². The molecule has 1 N–H and O–H groups in total. The van der Waals surface area contributed by atoms with E-state index in [2.05, 4.69) is 17.2 Å². The van der Waals surface area contributed by atoms with Crippen LogP contribution in [-0.4, -0.2) is 17.0 Å². The molecule has 0 spiro atoms. The van der Waals surface area contributed by atoms with E-state index in [-0.39, 0.29) is 5.91 Å². The zero-order valence-corrected chi connectivity index (χ0v) is 13.4. The van der Waals surface area contributed by atoms with Gasteiger partial charge in [0.25, 0.3) is 5.91 Å². The Hall–Kier alpha value is -1.88. The highest BCUT2D eigenvalue weighted by molar-refractivity contribution is 7.09. The summed E-state index contributed by atoms with van der Waals surface area (Å²) in [5, 5.41) is 5.78. The number of amides is 1. The van der Waals surface area contributed by atoms with Crippen LogP contribution in [0.5, 0.6) is 5.75 Å². The van der Waals surface area contributed by atoms with E-state index in [0.717, 1.165) is 17.1 Å². The normalized spacial score (nSPS) is 12.0. The first kappa shape index (κ1) is 15.5. The van der Waals surface area contributed by atoms with Crippen molar-refractivity contribution in [2.75, 3.05) is 0 Å². The quantitative estimate of drug-likeness (QED) is 0.892. The Morgan fingerprint density at radius 1 is 1.38 bits per heavy atom. The van der Waals surface area contributed by atoms with E-state index in [1.54, 1.807) is 18.3 Å². The monoisotopic (exact) mass is 304 g/mol. The molecule has 1 aromatic heterocycles. The molecule has 5 heteroatoms. The van der Waals surface area contributed by atoms with Crippen molar-refractivity contribution in [3.05, 3.63) is 45.9 Å². The van der Waals surface area contributed by atoms with Crippen LogP contribution in [0.4, 0.5) is 0 Å². The van der Waals surface area contributed by atoms with Crippen LogP contribution in [-0.2, 0) is 17.8 Å². The van der Waals surface area contributed by atoms with E-state index in [9.17, 15) is 4.79 Å². The number of aromatic nitrogens is 1. The summed E-state index contributed by atoms with van der Waals surface area (Å²) in [6.45, 7) is 6.23. The largest absolute Gasteiger partial charge is 0.481 e. The number of nitrogens with one attached hydrogen (secondary N) is 1. The van der Waals surface area contributed by atoms with Gasteiger partial charge in [0.1, 0.15) is 5.75 Å². The van der Waals surface area contributed by atoms with Gasteiger partial charge >= 0.3 is 0 Å². The molecule has 2 aromatic rings. The molecule has 2 rings (SSSR count). The van der Waals surface area contributed by atoms with Gasteiger partial charge in [-0.1, -0.05) is 19.1 Å². The molecule has 0 bridgehead atoms. The Balaban J connectivity index is 1.83. The summed E-state index contributed by atoms with van der Waals surface area (Å²) in [4.78, 5) is 16.3. The lowest BCUT2D eigenvalue weighted by molar-refractivity contribution is -0.127. The predicted molar refractivity (Wildman–Crippen MR) is 84.6 cm³/mol. The third-order valence-electron chi connectivity index (χ3n) is 3.12. The minimum absolute atomic E-state index is 0.139. The predicted octanol–water partition coefficient (Wildman–Crippen LogP) is 3.10. The van der Waals surface area contributed by atoms with Crippen molar-refractivity contribution < 1.29 is 9.53 Å². The van der Waals surface area contributed by atoms with Crippen molar-refractivity contribution in [3.8, 4) is 5.75 Å². The fourth-order valence-corrected chi connectivity index (χ4v) is 2.48. The first-order chi connectivity index (χ1) is 10.1. The Morgan fingerprint density at radius 2 is 2.10 bits per heavy atom. The van der Waals surface area contributed by atoms with Crippen molar-refractivity contribution in [1.82, 2.24) is 10.3 Å². The molecule has 1 atom stereocenters. The van der Waals surface area contributed by atoms with Gasteiger partial charge in [0, 0.05) is 5.38 Å². The molecule has 0 fully saturated rings. The molecule has 1 heterocycles. The second-order valence-electron chi connectivity index (χ2n) is 4.83. The van der Waals surface area contributed by atoms with Crippen molar-refractivity contribution in [2.24, 2.45) is 0 Å². The number of aryl methyl sites for hydroxylation is 2. The smallest absolute Gasteiger partial charge is 0.261 e. The molecule has 0 aliphatic rings. The van der Waals surface area contributed by atoms with Crippen LogP contribution in [0.3, 0.4) is 0 Å². The summed E-state index contributed by atoms with van der Waals surface area (Å²) in [5.41, 5.74) is 2.13. The Morgan fingerprint density at radius 3 is 2.67 bits per heavy atom. The molecular weight excluding hydrogens is 284 g/mol. The van der Waals surface area contributed by atoms with Crippen LogP contribution in [0, 0.1) is 6.92 Å². The van der Waals surface area contributed by atoms with Gasteiger partial charge in [-0.3, -0.25) is 4.79 Å². The van der Waals surface area contributed by atoms with Gasteiger partial charge in [0.05, 0.1) is 17.2 Å². The standard InChI is InChI=1S/C16H20N2O2S/c1-4-13-5-7-15(8-6-13)20-11(2)16(19)17-9-14-10-21-12(3)18-14/h5-8,10-11H,4,9H2,1-3H3,(H,17,19)/t11-/m0/s1. The molecule has 21 heavy (non-hydrogen) atoms. The number of rotatable bonds is 6. The average Bonchev–Trinajstić information content (AvgIpc) is 2.91. The topological polar surface area (TPSA) is 51.2 Å². The maximum atomic E-state index is 12.0. The molecule has 0 aliphatic carbocycles. The summed E-state index contributed by atoms with van der Waals surface area (Å²) < 4.78 is 5.64. The molecule has 0 unspecified atom stereocenters. The molecule has 4 nitrogen and oxygen atoms in total. The van der Waals surface area contributed by atoms with Crippen LogP contribution in [0.1, 0.15) is 30.1 Å². The van der Waals surface area contributed by atoms with Crippen molar-refractivity contribution in [3.63, 3.8) is 0 Å². The van der Waals surface area contributed by atoms with Gasteiger partial charge < -0.3 is 10.1 Å². The van der Waals surface area contributed by atoms with Crippen LogP contribution in [0.15, 0.2) is 29.6 Å². The molecule has 0 radical (unpaired) electrons. The Bertz CT molecular complexity index is 593. The summed E-state index contributed by atoms with van der Waals surface area (Å²) in [5.74, 6) is 0.569.